The Morgan fingerprint density at radius 2 is 1.84 bits per heavy atom. The van der Waals surface area contributed by atoms with Crippen LogP contribution in [0.25, 0.3) is 11.5 Å². The SMILES string of the molecule is CCC(CC)c1nnc(-c2ccc([N+](=O)[O-])cc2)o1. The number of non-ortho nitro benzene ring substituents is 1. The van der Waals surface area contributed by atoms with Gasteiger partial charge in [-0.1, -0.05) is 13.8 Å². The van der Waals surface area contributed by atoms with E-state index in [9.17, 15) is 10.1 Å². The van der Waals surface area contributed by atoms with Gasteiger partial charge in [0.25, 0.3) is 5.69 Å². The normalized spacial score (nSPS) is 10.9. The monoisotopic (exact) mass is 261 g/mol. The number of benzene rings is 1. The second kappa shape index (κ2) is 5.60. The topological polar surface area (TPSA) is 82.1 Å². The standard InChI is InChI=1S/C13H15N3O3/c1-3-9(4-2)12-14-15-13(19-12)10-5-7-11(8-6-10)16(17)18/h5-9H,3-4H2,1-2H3. The molecule has 1 heterocycles. The Labute approximate surface area is 110 Å². The van der Waals surface area contributed by atoms with Gasteiger partial charge in [-0.05, 0) is 25.0 Å². The maximum atomic E-state index is 10.6. The summed E-state index contributed by atoms with van der Waals surface area (Å²) >= 11 is 0. The molecule has 19 heavy (non-hydrogen) atoms. The van der Waals surface area contributed by atoms with Crippen LogP contribution in [0.15, 0.2) is 28.7 Å². The van der Waals surface area contributed by atoms with Gasteiger partial charge in [-0.2, -0.15) is 0 Å². The van der Waals surface area contributed by atoms with Crippen molar-refractivity contribution >= 4 is 5.69 Å². The molecule has 0 aliphatic carbocycles. The Morgan fingerprint density at radius 1 is 1.21 bits per heavy atom. The highest BCUT2D eigenvalue weighted by atomic mass is 16.6. The lowest BCUT2D eigenvalue weighted by molar-refractivity contribution is -0.384. The van der Waals surface area contributed by atoms with Gasteiger partial charge in [0.15, 0.2) is 0 Å². The van der Waals surface area contributed by atoms with Gasteiger partial charge in [0, 0.05) is 23.6 Å². The maximum Gasteiger partial charge on any atom is 0.269 e. The lowest BCUT2D eigenvalue weighted by atomic mass is 10.0. The molecule has 0 aliphatic heterocycles. The van der Waals surface area contributed by atoms with E-state index in [0.29, 0.717) is 17.3 Å². The molecule has 0 saturated heterocycles. The van der Waals surface area contributed by atoms with Gasteiger partial charge in [0.05, 0.1) is 4.92 Å². The molecule has 0 aliphatic rings. The average Bonchev–Trinajstić information content (AvgIpc) is 2.90. The highest BCUT2D eigenvalue weighted by molar-refractivity contribution is 5.55. The molecule has 1 aromatic heterocycles. The van der Waals surface area contributed by atoms with Crippen LogP contribution in [0.3, 0.4) is 0 Å². The minimum atomic E-state index is -0.437. The van der Waals surface area contributed by atoms with Crippen molar-refractivity contribution in [3.63, 3.8) is 0 Å². The fourth-order valence-electron chi connectivity index (χ4n) is 1.88. The Balaban J connectivity index is 2.25. The van der Waals surface area contributed by atoms with Gasteiger partial charge in [-0.15, -0.1) is 10.2 Å². The fourth-order valence-corrected chi connectivity index (χ4v) is 1.88. The van der Waals surface area contributed by atoms with E-state index in [4.69, 9.17) is 4.42 Å². The lowest BCUT2D eigenvalue weighted by Crippen LogP contribution is -1.95. The van der Waals surface area contributed by atoms with Gasteiger partial charge >= 0.3 is 0 Å². The second-order valence-electron chi connectivity index (χ2n) is 4.26. The fraction of sp³-hybridized carbons (Fsp3) is 0.385. The van der Waals surface area contributed by atoms with Crippen molar-refractivity contribution < 1.29 is 9.34 Å². The smallest absolute Gasteiger partial charge is 0.269 e. The van der Waals surface area contributed by atoms with Crippen LogP contribution in [0.2, 0.25) is 0 Å². The highest BCUT2D eigenvalue weighted by Gasteiger charge is 2.16. The number of rotatable bonds is 5. The van der Waals surface area contributed by atoms with E-state index in [1.807, 2.05) is 0 Å². The molecule has 6 nitrogen and oxygen atoms in total. The quantitative estimate of drug-likeness (QED) is 0.607. The van der Waals surface area contributed by atoms with E-state index in [1.54, 1.807) is 12.1 Å². The molecule has 0 fully saturated rings. The molecule has 6 heteroatoms. The Bertz CT molecular complexity index is 559. The molecule has 0 radical (unpaired) electrons. The molecule has 0 amide bonds. The predicted molar refractivity (Wildman–Crippen MR) is 69.7 cm³/mol. The molecule has 0 N–H and O–H groups in total. The van der Waals surface area contributed by atoms with Crippen LogP contribution in [0.5, 0.6) is 0 Å². The molecule has 1 aromatic carbocycles. The summed E-state index contributed by atoms with van der Waals surface area (Å²) < 4.78 is 5.62. The molecule has 0 spiro atoms. The second-order valence-corrected chi connectivity index (χ2v) is 4.26. The summed E-state index contributed by atoms with van der Waals surface area (Å²) in [7, 11) is 0. The van der Waals surface area contributed by atoms with E-state index < -0.39 is 4.92 Å². The van der Waals surface area contributed by atoms with Gasteiger partial charge in [0.2, 0.25) is 11.8 Å². The number of hydrogen-bond donors (Lipinski definition) is 0. The Hall–Kier alpha value is -2.24. The van der Waals surface area contributed by atoms with Crippen molar-refractivity contribution in [3.8, 4) is 11.5 Å². The predicted octanol–water partition coefficient (Wildman–Crippen LogP) is 3.55. The molecule has 0 bridgehead atoms. The molecule has 2 aromatic rings. The van der Waals surface area contributed by atoms with E-state index in [0.717, 1.165) is 12.8 Å². The largest absolute Gasteiger partial charge is 0.420 e. The first-order valence-corrected chi connectivity index (χ1v) is 6.23. The van der Waals surface area contributed by atoms with E-state index in [1.165, 1.54) is 12.1 Å². The van der Waals surface area contributed by atoms with Gasteiger partial charge in [-0.3, -0.25) is 10.1 Å². The summed E-state index contributed by atoms with van der Waals surface area (Å²) in [6.45, 7) is 4.15. The van der Waals surface area contributed by atoms with Crippen LogP contribution in [-0.2, 0) is 0 Å². The summed E-state index contributed by atoms with van der Waals surface area (Å²) in [5, 5.41) is 18.6. The van der Waals surface area contributed by atoms with Crippen LogP contribution >= 0.6 is 0 Å². The number of nitro groups is 1. The van der Waals surface area contributed by atoms with Gasteiger partial charge in [0.1, 0.15) is 0 Å². The summed E-state index contributed by atoms with van der Waals surface area (Å²) in [4.78, 5) is 10.1. The van der Waals surface area contributed by atoms with Crippen LogP contribution in [0, 0.1) is 10.1 Å². The van der Waals surface area contributed by atoms with Gasteiger partial charge < -0.3 is 4.42 Å². The minimum absolute atomic E-state index is 0.0449. The molecule has 2 rings (SSSR count). The van der Waals surface area contributed by atoms with Crippen molar-refractivity contribution in [2.75, 3.05) is 0 Å². The van der Waals surface area contributed by atoms with Crippen LogP contribution < -0.4 is 0 Å². The molecule has 100 valence electrons. The van der Waals surface area contributed by atoms with Crippen LogP contribution in [0.1, 0.15) is 38.5 Å². The van der Waals surface area contributed by atoms with Crippen molar-refractivity contribution in [1.29, 1.82) is 0 Å². The first kappa shape index (κ1) is 13.2. The van der Waals surface area contributed by atoms with E-state index >= 15 is 0 Å². The summed E-state index contributed by atoms with van der Waals surface area (Å²) in [6.07, 6.45) is 1.89. The van der Waals surface area contributed by atoms with E-state index in [-0.39, 0.29) is 11.6 Å². The lowest BCUT2D eigenvalue weighted by Gasteiger charge is -2.04. The van der Waals surface area contributed by atoms with E-state index in [2.05, 4.69) is 24.0 Å². The first-order valence-electron chi connectivity index (χ1n) is 6.23. The number of nitro benzene ring substituents is 1. The third-order valence-corrected chi connectivity index (χ3v) is 3.10. The molecule has 0 unspecified atom stereocenters. The Morgan fingerprint density at radius 3 is 2.37 bits per heavy atom. The number of aromatic nitrogens is 2. The minimum Gasteiger partial charge on any atom is -0.420 e. The zero-order valence-electron chi connectivity index (χ0n) is 10.9. The first-order chi connectivity index (χ1) is 9.15. The Kier molecular flexibility index (Phi) is 3.89. The number of nitrogens with zero attached hydrogens (tertiary/aromatic N) is 3. The molecular weight excluding hydrogens is 246 g/mol. The third-order valence-electron chi connectivity index (χ3n) is 3.10. The van der Waals surface area contributed by atoms with Crippen molar-refractivity contribution in [2.24, 2.45) is 0 Å². The zero-order chi connectivity index (χ0) is 13.8. The van der Waals surface area contributed by atoms with Crippen LogP contribution in [0.4, 0.5) is 5.69 Å². The molecule has 0 saturated carbocycles. The maximum absolute atomic E-state index is 10.6. The molecule has 0 atom stereocenters. The third kappa shape index (κ3) is 2.78. The molecular formula is C13H15N3O3. The number of hydrogen-bond acceptors (Lipinski definition) is 5. The average molecular weight is 261 g/mol. The summed E-state index contributed by atoms with van der Waals surface area (Å²) in [5.74, 6) is 1.29. The van der Waals surface area contributed by atoms with Crippen molar-refractivity contribution in [1.82, 2.24) is 10.2 Å². The van der Waals surface area contributed by atoms with Crippen LogP contribution in [-0.4, -0.2) is 15.1 Å². The van der Waals surface area contributed by atoms with Crippen molar-refractivity contribution in [2.45, 2.75) is 32.6 Å². The summed E-state index contributed by atoms with van der Waals surface area (Å²) in [6, 6.07) is 6.08. The van der Waals surface area contributed by atoms with Crippen molar-refractivity contribution in [3.05, 3.63) is 40.3 Å². The van der Waals surface area contributed by atoms with Gasteiger partial charge in [-0.25, -0.2) is 0 Å². The zero-order valence-corrected chi connectivity index (χ0v) is 10.9. The summed E-state index contributed by atoms with van der Waals surface area (Å²) in [5.41, 5.74) is 0.735. The highest BCUT2D eigenvalue weighted by Crippen LogP contribution is 2.26.